The molecule has 2 spiro atoms. The first kappa shape index (κ1) is 24.1. The summed E-state index contributed by atoms with van der Waals surface area (Å²) in [6.45, 7) is 2.66. The third kappa shape index (κ3) is 7.26. The Labute approximate surface area is 186 Å². The smallest absolute Gasteiger partial charge is 0.308 e. The van der Waals surface area contributed by atoms with Crippen LogP contribution in [0.1, 0.15) is 90.4 Å². The quantitative estimate of drug-likeness (QED) is 0.380. The van der Waals surface area contributed by atoms with Gasteiger partial charge in [0, 0.05) is 19.3 Å². The fraction of sp³-hybridized carbons (Fsp3) is 0.760. The second kappa shape index (κ2) is 11.4. The zero-order valence-corrected chi connectivity index (χ0v) is 18.9. The van der Waals surface area contributed by atoms with E-state index in [1.165, 1.54) is 50.7 Å². The molecule has 0 amide bonds. The normalized spacial score (nSPS) is 29.2. The molecule has 0 unspecified atom stereocenters. The largest absolute Gasteiger partial charge is 0.466 e. The molecule has 3 atom stereocenters. The molecule has 0 bridgehead atoms. The lowest BCUT2D eigenvalue weighted by atomic mass is 9.92. The van der Waals surface area contributed by atoms with E-state index in [0.29, 0.717) is 32.3 Å². The first-order chi connectivity index (χ1) is 14.9. The van der Waals surface area contributed by atoms with Gasteiger partial charge in [0.1, 0.15) is 5.60 Å². The molecule has 6 nitrogen and oxygen atoms in total. The van der Waals surface area contributed by atoms with Crippen LogP contribution in [-0.2, 0) is 23.8 Å². The van der Waals surface area contributed by atoms with E-state index in [2.05, 4.69) is 6.92 Å². The molecule has 2 heterocycles. The lowest BCUT2D eigenvalue weighted by Gasteiger charge is -2.41. The zero-order chi connectivity index (χ0) is 22.2. The van der Waals surface area contributed by atoms with E-state index in [1.807, 2.05) is 0 Å². The van der Waals surface area contributed by atoms with Crippen molar-refractivity contribution < 1.29 is 28.9 Å². The number of allylic oxidation sites excluding steroid dienone is 2. The Morgan fingerprint density at radius 3 is 2.48 bits per heavy atom. The number of unbranched alkanes of at least 4 members (excludes halogenated alkanes) is 7. The van der Waals surface area contributed by atoms with Crippen molar-refractivity contribution in [1.82, 2.24) is 0 Å². The highest BCUT2D eigenvalue weighted by molar-refractivity contribution is 6.00. The van der Waals surface area contributed by atoms with Gasteiger partial charge >= 0.3 is 5.97 Å². The van der Waals surface area contributed by atoms with Gasteiger partial charge in [-0.1, -0.05) is 51.9 Å². The van der Waals surface area contributed by atoms with Crippen molar-refractivity contribution in [2.45, 2.75) is 114 Å². The molecule has 1 N–H and O–H groups in total. The van der Waals surface area contributed by atoms with Gasteiger partial charge in [0.05, 0.1) is 25.2 Å². The summed E-state index contributed by atoms with van der Waals surface area (Å²) < 4.78 is 17.8. The number of ketones is 1. The highest BCUT2D eigenvalue weighted by Crippen LogP contribution is 2.47. The molecule has 174 valence electrons. The number of ether oxygens (including phenoxy) is 3. The number of esters is 1. The van der Waals surface area contributed by atoms with Crippen LogP contribution in [0.25, 0.3) is 0 Å². The maximum Gasteiger partial charge on any atom is 0.308 e. The summed E-state index contributed by atoms with van der Waals surface area (Å²) in [7, 11) is 0. The highest BCUT2D eigenvalue weighted by Gasteiger charge is 2.52. The summed E-state index contributed by atoms with van der Waals surface area (Å²) in [5, 5.41) is 10.4. The molecule has 3 aliphatic rings. The fourth-order valence-corrected chi connectivity index (χ4v) is 4.79. The SMILES string of the molecule is CCCCCCCCCCOC(=O)C[C@H]1C[C@H](O)C[C@@]2(CCC3(C=CC(=O)C=C3)O2)O1. The molecule has 0 aromatic heterocycles. The minimum absolute atomic E-state index is 0.0584. The number of rotatable bonds is 11. The van der Waals surface area contributed by atoms with Crippen LogP contribution >= 0.6 is 0 Å². The predicted octanol–water partition coefficient (Wildman–Crippen LogP) is 4.54. The molecule has 6 heteroatoms. The van der Waals surface area contributed by atoms with Crippen molar-refractivity contribution in [2.24, 2.45) is 0 Å². The topological polar surface area (TPSA) is 82.1 Å². The van der Waals surface area contributed by atoms with Gasteiger partial charge in [0.15, 0.2) is 11.6 Å². The average molecular weight is 435 g/mol. The fourth-order valence-electron chi connectivity index (χ4n) is 4.79. The van der Waals surface area contributed by atoms with E-state index < -0.39 is 23.6 Å². The van der Waals surface area contributed by atoms with E-state index in [9.17, 15) is 14.7 Å². The van der Waals surface area contributed by atoms with Crippen LogP contribution in [0.5, 0.6) is 0 Å². The lowest BCUT2D eigenvalue weighted by Crippen LogP contribution is -2.48. The van der Waals surface area contributed by atoms with Crippen molar-refractivity contribution in [3.05, 3.63) is 24.3 Å². The van der Waals surface area contributed by atoms with E-state index in [-0.39, 0.29) is 18.2 Å². The van der Waals surface area contributed by atoms with Crippen LogP contribution in [0.3, 0.4) is 0 Å². The molecule has 0 aromatic carbocycles. The molecule has 2 fully saturated rings. The molecule has 2 saturated heterocycles. The third-order valence-electron chi connectivity index (χ3n) is 6.45. The van der Waals surface area contributed by atoms with Gasteiger partial charge in [0.25, 0.3) is 0 Å². The molecule has 0 aromatic rings. The second-order valence-corrected chi connectivity index (χ2v) is 9.27. The summed E-state index contributed by atoms with van der Waals surface area (Å²) in [4.78, 5) is 23.7. The number of aliphatic hydroxyl groups excluding tert-OH is 1. The highest BCUT2D eigenvalue weighted by atomic mass is 16.7. The van der Waals surface area contributed by atoms with Crippen molar-refractivity contribution in [3.63, 3.8) is 0 Å². The Kier molecular flexibility index (Phi) is 8.87. The monoisotopic (exact) mass is 434 g/mol. The van der Waals surface area contributed by atoms with Crippen LogP contribution in [0, 0.1) is 0 Å². The summed E-state index contributed by atoms with van der Waals surface area (Å²) in [5.74, 6) is -1.26. The van der Waals surface area contributed by atoms with Crippen LogP contribution in [0.15, 0.2) is 24.3 Å². The standard InChI is InChI=1S/C25H38O6/c1-2-3-4-5-6-7-8-9-16-29-23(28)18-22-17-21(27)19-25(30-22)15-14-24(31-25)12-10-20(26)11-13-24/h10-13,21-22,27H,2-9,14-19H2,1H3/t21-,22+,25-/m0/s1. The first-order valence-electron chi connectivity index (χ1n) is 12.1. The summed E-state index contributed by atoms with van der Waals surface area (Å²) in [5.41, 5.74) is -0.660. The maximum absolute atomic E-state index is 12.3. The summed E-state index contributed by atoms with van der Waals surface area (Å²) in [6.07, 6.45) is 17.3. The Morgan fingerprint density at radius 1 is 1.10 bits per heavy atom. The zero-order valence-electron chi connectivity index (χ0n) is 18.9. The Morgan fingerprint density at radius 2 is 1.77 bits per heavy atom. The van der Waals surface area contributed by atoms with Gasteiger partial charge in [-0.3, -0.25) is 9.59 Å². The van der Waals surface area contributed by atoms with Crippen LogP contribution < -0.4 is 0 Å². The van der Waals surface area contributed by atoms with E-state index in [4.69, 9.17) is 14.2 Å². The van der Waals surface area contributed by atoms with Crippen molar-refractivity contribution in [2.75, 3.05) is 6.61 Å². The van der Waals surface area contributed by atoms with Gasteiger partial charge in [-0.2, -0.15) is 0 Å². The van der Waals surface area contributed by atoms with Crippen molar-refractivity contribution in [3.8, 4) is 0 Å². The number of hydrogen-bond donors (Lipinski definition) is 1. The Balaban J connectivity index is 1.37. The molecule has 2 aliphatic heterocycles. The van der Waals surface area contributed by atoms with Gasteiger partial charge in [-0.25, -0.2) is 0 Å². The number of carbonyl (C=O) groups is 2. The first-order valence-corrected chi connectivity index (χ1v) is 12.1. The van der Waals surface area contributed by atoms with Gasteiger partial charge in [-0.05, 0) is 37.1 Å². The number of carbonyl (C=O) groups excluding carboxylic acids is 2. The van der Waals surface area contributed by atoms with Gasteiger partial charge < -0.3 is 19.3 Å². The maximum atomic E-state index is 12.3. The average Bonchev–Trinajstić information content (AvgIpc) is 3.05. The summed E-state index contributed by atoms with van der Waals surface area (Å²) in [6, 6.07) is 0. The molecule has 31 heavy (non-hydrogen) atoms. The van der Waals surface area contributed by atoms with E-state index >= 15 is 0 Å². The number of aliphatic hydroxyl groups is 1. The molecular weight excluding hydrogens is 396 g/mol. The van der Waals surface area contributed by atoms with E-state index in [1.54, 1.807) is 12.2 Å². The molecule has 0 saturated carbocycles. The molecule has 1 aliphatic carbocycles. The van der Waals surface area contributed by atoms with Crippen LogP contribution in [0.2, 0.25) is 0 Å². The third-order valence-corrected chi connectivity index (χ3v) is 6.45. The minimum atomic E-state index is -0.921. The van der Waals surface area contributed by atoms with Crippen LogP contribution in [-0.4, -0.2) is 47.1 Å². The predicted molar refractivity (Wildman–Crippen MR) is 117 cm³/mol. The lowest BCUT2D eigenvalue weighted by molar-refractivity contribution is -0.291. The molecular formula is C25H38O6. The Hall–Kier alpha value is -1.50. The van der Waals surface area contributed by atoms with Crippen LogP contribution in [0.4, 0.5) is 0 Å². The molecule has 0 radical (unpaired) electrons. The summed E-state index contributed by atoms with van der Waals surface area (Å²) >= 11 is 0. The van der Waals surface area contributed by atoms with Crippen molar-refractivity contribution in [1.29, 1.82) is 0 Å². The van der Waals surface area contributed by atoms with Crippen molar-refractivity contribution >= 4 is 11.8 Å². The van der Waals surface area contributed by atoms with E-state index in [0.717, 1.165) is 12.8 Å². The Bertz CT molecular complexity index is 653. The van der Waals surface area contributed by atoms with Gasteiger partial charge in [0.2, 0.25) is 0 Å². The molecule has 3 rings (SSSR count). The second-order valence-electron chi connectivity index (χ2n) is 9.27. The minimum Gasteiger partial charge on any atom is -0.466 e. The van der Waals surface area contributed by atoms with Gasteiger partial charge in [-0.15, -0.1) is 0 Å². The number of hydrogen-bond acceptors (Lipinski definition) is 6.